The Kier molecular flexibility index (Phi) is 5.04. The molecule has 0 aliphatic carbocycles. The van der Waals surface area contributed by atoms with Crippen LogP contribution in [0, 0.1) is 0 Å². The summed E-state index contributed by atoms with van der Waals surface area (Å²) in [4.78, 5) is 29.5. The van der Waals surface area contributed by atoms with Crippen molar-refractivity contribution >= 4 is 33.5 Å². The third-order valence-corrected chi connectivity index (χ3v) is 6.38. The van der Waals surface area contributed by atoms with Crippen LogP contribution in [-0.2, 0) is 0 Å². The van der Waals surface area contributed by atoms with Gasteiger partial charge >= 0.3 is 0 Å². The molecule has 5 aromatic heterocycles. The number of furan rings is 1. The summed E-state index contributed by atoms with van der Waals surface area (Å²) in [6.45, 7) is 0. The molecule has 0 unspecified atom stereocenters. The average molecular weight is 498 g/mol. The molecule has 0 spiro atoms. The van der Waals surface area contributed by atoms with Crippen molar-refractivity contribution < 1.29 is 9.21 Å². The van der Waals surface area contributed by atoms with Crippen molar-refractivity contribution in [2.45, 2.75) is 0 Å². The first-order valence-electron chi connectivity index (χ1n) is 11.9. The molecule has 0 bridgehead atoms. The van der Waals surface area contributed by atoms with Crippen LogP contribution in [0.5, 0.6) is 0 Å². The van der Waals surface area contributed by atoms with Gasteiger partial charge in [-0.25, -0.2) is 4.98 Å². The third kappa shape index (κ3) is 3.79. The maximum atomic E-state index is 12.6. The summed E-state index contributed by atoms with van der Waals surface area (Å²) in [5.41, 5.74) is 7.92. The van der Waals surface area contributed by atoms with E-state index in [1.54, 1.807) is 49.4 Å². The van der Waals surface area contributed by atoms with Crippen LogP contribution in [0.2, 0.25) is 0 Å². The van der Waals surface area contributed by atoms with Gasteiger partial charge in [-0.2, -0.15) is 5.10 Å². The number of aromatic amines is 2. The highest BCUT2D eigenvalue weighted by molar-refractivity contribution is 6.04. The van der Waals surface area contributed by atoms with Crippen LogP contribution in [-0.4, -0.2) is 36.0 Å². The van der Waals surface area contributed by atoms with Gasteiger partial charge in [0.1, 0.15) is 11.2 Å². The molecule has 5 heterocycles. The van der Waals surface area contributed by atoms with Crippen molar-refractivity contribution in [2.75, 3.05) is 5.32 Å². The molecule has 2 aromatic carbocycles. The van der Waals surface area contributed by atoms with Crippen LogP contribution in [0.15, 0.2) is 102 Å². The lowest BCUT2D eigenvalue weighted by atomic mass is 10.0. The normalized spacial score (nSPS) is 11.3. The Balaban J connectivity index is 1.25. The Morgan fingerprint density at radius 1 is 0.842 bits per heavy atom. The molecular formula is C29H19N7O2. The first-order valence-corrected chi connectivity index (χ1v) is 11.9. The molecule has 0 fully saturated rings. The molecule has 1 amide bonds. The van der Waals surface area contributed by atoms with Gasteiger partial charge in [0.2, 0.25) is 0 Å². The Morgan fingerprint density at radius 2 is 1.74 bits per heavy atom. The molecular weight excluding hydrogens is 478 g/mol. The average Bonchev–Trinajstić information content (AvgIpc) is 3.73. The largest absolute Gasteiger partial charge is 0.472 e. The van der Waals surface area contributed by atoms with Crippen molar-refractivity contribution in [1.29, 1.82) is 0 Å². The summed E-state index contributed by atoms with van der Waals surface area (Å²) in [5, 5.41) is 11.5. The molecule has 7 aromatic rings. The fourth-order valence-electron chi connectivity index (χ4n) is 4.51. The quantitative estimate of drug-likeness (QED) is 0.265. The Labute approximate surface area is 215 Å². The first kappa shape index (κ1) is 21.7. The number of carbonyl (C=O) groups excluding carboxylic acids is 1. The number of nitrogens with one attached hydrogen (secondary N) is 3. The minimum absolute atomic E-state index is 0.189. The number of rotatable bonds is 5. The van der Waals surface area contributed by atoms with E-state index in [0.29, 0.717) is 22.8 Å². The molecule has 38 heavy (non-hydrogen) atoms. The number of nitrogens with zero attached hydrogens (tertiary/aromatic N) is 4. The minimum Gasteiger partial charge on any atom is -0.472 e. The second kappa shape index (κ2) is 8.82. The van der Waals surface area contributed by atoms with E-state index < -0.39 is 0 Å². The van der Waals surface area contributed by atoms with Crippen LogP contribution < -0.4 is 5.32 Å². The lowest BCUT2D eigenvalue weighted by Crippen LogP contribution is -2.11. The number of pyridine rings is 2. The lowest BCUT2D eigenvalue weighted by molar-refractivity contribution is 0.102. The van der Waals surface area contributed by atoms with Crippen molar-refractivity contribution in [1.82, 2.24) is 30.1 Å². The number of amides is 1. The standard InChI is InChI=1S/C29H19N7O2/c37-29(17-4-2-1-3-5-17)32-21-10-20(12-30-13-21)18-6-7-24-22(11-18)27(36-35-24)28-33-25-15-31-14-23(26(25)34-28)19-8-9-38-16-19/h1-16H,(H,32,37)(H,33,34)(H,35,36). The van der Waals surface area contributed by atoms with Gasteiger partial charge in [0.15, 0.2) is 5.82 Å². The molecule has 0 aliphatic heterocycles. The predicted molar refractivity (Wildman–Crippen MR) is 144 cm³/mol. The number of carbonyl (C=O) groups is 1. The Hall–Kier alpha value is -5.57. The highest BCUT2D eigenvalue weighted by Crippen LogP contribution is 2.33. The molecule has 9 nitrogen and oxygen atoms in total. The zero-order valence-corrected chi connectivity index (χ0v) is 19.8. The van der Waals surface area contributed by atoms with Crippen molar-refractivity contribution in [2.24, 2.45) is 0 Å². The molecule has 0 saturated heterocycles. The van der Waals surface area contributed by atoms with Gasteiger partial charge in [-0.15, -0.1) is 0 Å². The van der Waals surface area contributed by atoms with Gasteiger partial charge in [0.05, 0.1) is 41.6 Å². The number of aromatic nitrogens is 6. The molecule has 7 rings (SSSR count). The number of benzene rings is 2. The number of H-pyrrole nitrogens is 2. The van der Waals surface area contributed by atoms with Gasteiger partial charge in [0, 0.05) is 40.0 Å². The number of hydrogen-bond acceptors (Lipinski definition) is 6. The van der Waals surface area contributed by atoms with E-state index in [0.717, 1.165) is 44.2 Å². The van der Waals surface area contributed by atoms with Gasteiger partial charge in [-0.3, -0.25) is 19.9 Å². The molecule has 0 atom stereocenters. The number of hydrogen-bond donors (Lipinski definition) is 3. The third-order valence-electron chi connectivity index (χ3n) is 6.38. The summed E-state index contributed by atoms with van der Waals surface area (Å²) < 4.78 is 5.25. The maximum Gasteiger partial charge on any atom is 0.255 e. The van der Waals surface area contributed by atoms with E-state index in [2.05, 4.69) is 30.5 Å². The van der Waals surface area contributed by atoms with Crippen molar-refractivity contribution in [3.05, 3.63) is 104 Å². The molecule has 3 N–H and O–H groups in total. The predicted octanol–water partition coefficient (Wildman–Crippen LogP) is 6.08. The zero-order valence-electron chi connectivity index (χ0n) is 19.8. The number of imidazole rings is 1. The topological polar surface area (TPSA) is 125 Å². The van der Waals surface area contributed by atoms with Crippen molar-refractivity contribution in [3.63, 3.8) is 0 Å². The molecule has 0 aliphatic rings. The Morgan fingerprint density at radius 3 is 2.61 bits per heavy atom. The highest BCUT2D eigenvalue weighted by atomic mass is 16.3. The fourth-order valence-corrected chi connectivity index (χ4v) is 4.51. The number of fused-ring (bicyclic) bond motifs is 2. The molecule has 0 saturated carbocycles. The fraction of sp³-hybridized carbons (Fsp3) is 0. The van der Waals surface area contributed by atoms with E-state index in [1.807, 2.05) is 48.5 Å². The monoisotopic (exact) mass is 497 g/mol. The molecule has 9 heteroatoms. The van der Waals surface area contributed by atoms with Crippen LogP contribution in [0.25, 0.3) is 55.7 Å². The summed E-state index contributed by atoms with van der Waals surface area (Å²) in [5.74, 6) is 0.439. The van der Waals surface area contributed by atoms with E-state index in [1.165, 1.54) is 0 Å². The van der Waals surface area contributed by atoms with Gasteiger partial charge in [-0.05, 0) is 42.0 Å². The smallest absolute Gasteiger partial charge is 0.255 e. The van der Waals surface area contributed by atoms with Crippen LogP contribution in [0.1, 0.15) is 10.4 Å². The van der Waals surface area contributed by atoms with Gasteiger partial charge in [-0.1, -0.05) is 24.3 Å². The summed E-state index contributed by atoms with van der Waals surface area (Å²) in [7, 11) is 0. The van der Waals surface area contributed by atoms with Crippen LogP contribution in [0.4, 0.5) is 5.69 Å². The zero-order chi connectivity index (χ0) is 25.5. The second-order valence-electron chi connectivity index (χ2n) is 8.80. The van der Waals surface area contributed by atoms with E-state index in [9.17, 15) is 4.79 Å². The maximum absolute atomic E-state index is 12.6. The van der Waals surface area contributed by atoms with Crippen LogP contribution in [0.3, 0.4) is 0 Å². The minimum atomic E-state index is -0.189. The highest BCUT2D eigenvalue weighted by Gasteiger charge is 2.17. The summed E-state index contributed by atoms with van der Waals surface area (Å²) in [6.07, 6.45) is 10.2. The van der Waals surface area contributed by atoms with Gasteiger partial charge < -0.3 is 14.7 Å². The number of anilines is 1. The van der Waals surface area contributed by atoms with Crippen molar-refractivity contribution in [3.8, 4) is 33.8 Å². The van der Waals surface area contributed by atoms with Gasteiger partial charge in [0.25, 0.3) is 5.91 Å². The second-order valence-corrected chi connectivity index (χ2v) is 8.80. The van der Waals surface area contributed by atoms with Crippen LogP contribution >= 0.6 is 0 Å². The first-order chi connectivity index (χ1) is 18.7. The van der Waals surface area contributed by atoms with E-state index in [-0.39, 0.29) is 5.91 Å². The lowest BCUT2D eigenvalue weighted by Gasteiger charge is -2.08. The summed E-state index contributed by atoms with van der Waals surface area (Å²) >= 11 is 0. The SMILES string of the molecule is O=C(Nc1cncc(-c2ccc3[nH]nc(-c4nc5c(-c6ccoc6)cncc5[nH]4)c3c2)c1)c1ccccc1. The Bertz CT molecular complexity index is 1920. The summed E-state index contributed by atoms with van der Waals surface area (Å²) in [6, 6.07) is 18.9. The van der Waals surface area contributed by atoms with E-state index >= 15 is 0 Å². The molecule has 0 radical (unpaired) electrons. The molecule has 182 valence electrons. The van der Waals surface area contributed by atoms with E-state index in [4.69, 9.17) is 9.40 Å².